The molecular weight excluding hydrogens is 462 g/mol. The second kappa shape index (κ2) is 15.8. The van der Waals surface area contributed by atoms with E-state index in [-0.39, 0.29) is 0 Å². The van der Waals surface area contributed by atoms with Crippen LogP contribution in [0.15, 0.2) is 24.3 Å². The first kappa shape index (κ1) is 29.3. The maximum atomic E-state index is 12.3. The highest BCUT2D eigenvalue weighted by molar-refractivity contribution is 4.89. The van der Waals surface area contributed by atoms with Crippen molar-refractivity contribution in [1.82, 2.24) is 0 Å². The van der Waals surface area contributed by atoms with Crippen molar-refractivity contribution >= 4 is 0 Å². The SMILES string of the molecule is CC=CC1CCC(CCCCC2CCC(C3CCC(C4CCC(CCC=C(F)F)CC4)CC3)CC2)OC1. The number of allylic oxidation sites excluding steroid dienone is 2. The van der Waals surface area contributed by atoms with Crippen molar-refractivity contribution in [3.63, 3.8) is 0 Å². The highest BCUT2D eigenvalue weighted by Crippen LogP contribution is 2.46. The average molecular weight is 519 g/mol. The van der Waals surface area contributed by atoms with E-state index in [1.165, 1.54) is 116 Å². The maximum absolute atomic E-state index is 12.3. The van der Waals surface area contributed by atoms with Gasteiger partial charge in [0, 0.05) is 5.92 Å². The molecule has 1 heterocycles. The Morgan fingerprint density at radius 3 is 1.65 bits per heavy atom. The molecule has 1 aliphatic heterocycles. The summed E-state index contributed by atoms with van der Waals surface area (Å²) in [6, 6.07) is 0. The van der Waals surface area contributed by atoms with Gasteiger partial charge in [-0.15, -0.1) is 0 Å². The number of halogens is 2. The Hall–Kier alpha value is -0.700. The molecule has 0 spiro atoms. The van der Waals surface area contributed by atoms with Crippen LogP contribution in [0.5, 0.6) is 0 Å². The third-order valence-corrected chi connectivity index (χ3v) is 11.1. The average Bonchev–Trinajstić information content (AvgIpc) is 2.93. The molecule has 4 fully saturated rings. The lowest BCUT2D eigenvalue weighted by molar-refractivity contribution is -0.00961. The van der Waals surface area contributed by atoms with E-state index in [0.29, 0.717) is 24.4 Å². The van der Waals surface area contributed by atoms with E-state index >= 15 is 0 Å². The van der Waals surface area contributed by atoms with Crippen LogP contribution < -0.4 is 0 Å². The highest BCUT2D eigenvalue weighted by atomic mass is 19.3. The van der Waals surface area contributed by atoms with E-state index in [0.717, 1.165) is 48.7 Å². The Morgan fingerprint density at radius 2 is 1.16 bits per heavy atom. The van der Waals surface area contributed by atoms with Gasteiger partial charge in [-0.1, -0.05) is 57.1 Å². The topological polar surface area (TPSA) is 9.23 Å². The largest absolute Gasteiger partial charge is 0.378 e. The van der Waals surface area contributed by atoms with Crippen molar-refractivity contribution in [2.24, 2.45) is 41.4 Å². The summed E-state index contributed by atoms with van der Waals surface area (Å²) in [5.74, 6) is 6.24. The molecule has 4 aliphatic rings. The molecule has 0 N–H and O–H groups in total. The van der Waals surface area contributed by atoms with Gasteiger partial charge in [-0.05, 0) is 132 Å². The van der Waals surface area contributed by atoms with Crippen molar-refractivity contribution < 1.29 is 13.5 Å². The molecule has 0 radical (unpaired) electrons. The third kappa shape index (κ3) is 9.77. The van der Waals surface area contributed by atoms with Gasteiger partial charge in [0.25, 0.3) is 6.08 Å². The van der Waals surface area contributed by atoms with Crippen LogP contribution in [-0.4, -0.2) is 12.7 Å². The molecule has 0 aromatic rings. The summed E-state index contributed by atoms with van der Waals surface area (Å²) in [6.07, 6.45) is 31.4. The quantitative estimate of drug-likeness (QED) is 0.195. The molecule has 0 bridgehead atoms. The zero-order valence-electron chi connectivity index (χ0n) is 23.9. The number of hydrogen-bond acceptors (Lipinski definition) is 1. The summed E-state index contributed by atoms with van der Waals surface area (Å²) >= 11 is 0. The summed E-state index contributed by atoms with van der Waals surface area (Å²) in [4.78, 5) is 0. The number of unbranched alkanes of at least 4 members (excludes halogenated alkanes) is 1. The number of ether oxygens (including phenoxy) is 1. The van der Waals surface area contributed by atoms with Crippen LogP contribution in [0, 0.1) is 41.4 Å². The predicted molar refractivity (Wildman–Crippen MR) is 152 cm³/mol. The molecule has 3 saturated carbocycles. The van der Waals surface area contributed by atoms with Crippen LogP contribution in [0.4, 0.5) is 8.78 Å². The number of hydrogen-bond donors (Lipinski definition) is 0. The zero-order valence-corrected chi connectivity index (χ0v) is 23.9. The van der Waals surface area contributed by atoms with Crippen molar-refractivity contribution in [3.05, 3.63) is 24.3 Å². The standard InChI is InChI=1S/C34H56F2O/c1-2-6-28-15-24-33(37-25-28)9-4-3-7-26-11-16-29(17-12-26)31-20-22-32(23-21-31)30-18-13-27(14-19-30)8-5-10-34(35)36/h2,6,10,26-33H,3-5,7-9,11-25H2,1H3. The lowest BCUT2D eigenvalue weighted by Gasteiger charge is -2.41. The van der Waals surface area contributed by atoms with E-state index < -0.39 is 6.08 Å². The monoisotopic (exact) mass is 518 g/mol. The predicted octanol–water partition coefficient (Wildman–Crippen LogP) is 10.9. The minimum Gasteiger partial charge on any atom is -0.378 e. The van der Waals surface area contributed by atoms with Gasteiger partial charge in [0.05, 0.1) is 12.7 Å². The molecule has 0 aromatic heterocycles. The zero-order chi connectivity index (χ0) is 25.9. The highest BCUT2D eigenvalue weighted by Gasteiger charge is 2.34. The van der Waals surface area contributed by atoms with Gasteiger partial charge < -0.3 is 4.74 Å². The van der Waals surface area contributed by atoms with E-state index in [4.69, 9.17) is 4.74 Å². The Kier molecular flexibility index (Phi) is 12.5. The van der Waals surface area contributed by atoms with Gasteiger partial charge in [-0.3, -0.25) is 0 Å². The molecule has 37 heavy (non-hydrogen) atoms. The maximum Gasteiger partial charge on any atom is 0.266 e. The molecule has 3 heteroatoms. The van der Waals surface area contributed by atoms with Crippen LogP contribution in [0.1, 0.15) is 135 Å². The Bertz CT molecular complexity index is 666. The normalized spacial score (nSPS) is 37.5. The molecular formula is C34H56F2O. The van der Waals surface area contributed by atoms with Gasteiger partial charge in [0.2, 0.25) is 0 Å². The molecule has 4 rings (SSSR count). The van der Waals surface area contributed by atoms with Gasteiger partial charge in [0.1, 0.15) is 0 Å². The molecule has 1 nitrogen and oxygen atoms in total. The van der Waals surface area contributed by atoms with E-state index in [2.05, 4.69) is 19.1 Å². The summed E-state index contributed by atoms with van der Waals surface area (Å²) in [6.45, 7) is 3.05. The smallest absolute Gasteiger partial charge is 0.266 e. The Balaban J connectivity index is 1.03. The van der Waals surface area contributed by atoms with Crippen molar-refractivity contribution in [3.8, 4) is 0 Å². The summed E-state index contributed by atoms with van der Waals surface area (Å²) < 4.78 is 30.7. The van der Waals surface area contributed by atoms with Gasteiger partial charge in [-0.25, -0.2) is 0 Å². The van der Waals surface area contributed by atoms with Crippen LogP contribution in [0.2, 0.25) is 0 Å². The first-order chi connectivity index (χ1) is 18.1. The van der Waals surface area contributed by atoms with Gasteiger partial charge >= 0.3 is 0 Å². The molecule has 212 valence electrons. The summed E-state index contributed by atoms with van der Waals surface area (Å²) in [5.41, 5.74) is 0. The molecule has 1 saturated heterocycles. The molecule has 2 atom stereocenters. The minimum absolute atomic E-state index is 0.526. The number of rotatable bonds is 11. The Morgan fingerprint density at radius 1 is 0.649 bits per heavy atom. The first-order valence-electron chi connectivity index (χ1n) is 16.4. The van der Waals surface area contributed by atoms with Crippen molar-refractivity contribution in [1.29, 1.82) is 0 Å². The van der Waals surface area contributed by atoms with Gasteiger partial charge in [0.15, 0.2) is 0 Å². The van der Waals surface area contributed by atoms with Crippen molar-refractivity contribution in [2.75, 3.05) is 6.61 Å². The lowest BCUT2D eigenvalue weighted by Crippen LogP contribution is -2.29. The van der Waals surface area contributed by atoms with Crippen molar-refractivity contribution in [2.45, 2.75) is 141 Å². The second-order valence-corrected chi connectivity index (χ2v) is 13.4. The van der Waals surface area contributed by atoms with Crippen LogP contribution in [0.3, 0.4) is 0 Å². The molecule has 0 amide bonds. The molecule has 2 unspecified atom stereocenters. The summed E-state index contributed by atoms with van der Waals surface area (Å²) in [5, 5.41) is 0. The van der Waals surface area contributed by atoms with E-state index in [1.807, 2.05) is 0 Å². The Labute approximate surface area is 227 Å². The minimum atomic E-state index is -1.50. The van der Waals surface area contributed by atoms with E-state index in [9.17, 15) is 8.78 Å². The van der Waals surface area contributed by atoms with Gasteiger partial charge in [-0.2, -0.15) is 8.78 Å². The van der Waals surface area contributed by atoms with Crippen LogP contribution in [0.25, 0.3) is 0 Å². The molecule has 3 aliphatic carbocycles. The second-order valence-electron chi connectivity index (χ2n) is 13.4. The fourth-order valence-corrected chi connectivity index (χ4v) is 8.70. The first-order valence-corrected chi connectivity index (χ1v) is 16.4. The fourth-order valence-electron chi connectivity index (χ4n) is 8.70. The van der Waals surface area contributed by atoms with Crippen LogP contribution in [-0.2, 0) is 4.74 Å². The third-order valence-electron chi connectivity index (χ3n) is 11.1. The van der Waals surface area contributed by atoms with E-state index in [1.54, 1.807) is 0 Å². The summed E-state index contributed by atoms with van der Waals surface area (Å²) in [7, 11) is 0. The fraction of sp³-hybridized carbons (Fsp3) is 0.882. The molecule has 0 aromatic carbocycles. The van der Waals surface area contributed by atoms with Crippen LogP contribution >= 0.6 is 0 Å². The lowest BCUT2D eigenvalue weighted by atomic mass is 9.64.